The van der Waals surface area contributed by atoms with Crippen molar-refractivity contribution in [3.63, 3.8) is 0 Å². The standard InChI is InChI=1S/C11H11FO4S/c12-9-3-1-8(2-4-9)11(13)16-10-5-6-17(14,15)7-10/h1-4,10H,5-7H2. The Hall–Kier alpha value is -1.43. The second kappa shape index (κ2) is 4.44. The molecule has 1 aliphatic heterocycles. The lowest BCUT2D eigenvalue weighted by molar-refractivity contribution is 0.0356. The maximum Gasteiger partial charge on any atom is 0.338 e. The van der Waals surface area contributed by atoms with Gasteiger partial charge in [-0.2, -0.15) is 0 Å². The molecule has 0 radical (unpaired) electrons. The highest BCUT2D eigenvalue weighted by molar-refractivity contribution is 7.91. The molecule has 1 saturated heterocycles. The number of carbonyl (C=O) groups excluding carboxylic acids is 1. The molecule has 92 valence electrons. The smallest absolute Gasteiger partial charge is 0.338 e. The molecule has 0 saturated carbocycles. The fourth-order valence-corrected chi connectivity index (χ4v) is 3.25. The minimum absolute atomic E-state index is 0.0500. The van der Waals surface area contributed by atoms with Crippen LogP contribution in [-0.2, 0) is 14.6 Å². The summed E-state index contributed by atoms with van der Waals surface area (Å²) in [5.74, 6) is -1.13. The number of benzene rings is 1. The number of esters is 1. The molecule has 1 aromatic carbocycles. The highest BCUT2D eigenvalue weighted by Crippen LogP contribution is 2.16. The molecule has 0 amide bonds. The van der Waals surface area contributed by atoms with E-state index in [1.54, 1.807) is 0 Å². The molecule has 6 heteroatoms. The van der Waals surface area contributed by atoms with Crippen LogP contribution < -0.4 is 0 Å². The molecular formula is C11H11FO4S. The third-order valence-corrected chi connectivity index (χ3v) is 4.28. The van der Waals surface area contributed by atoms with Crippen molar-refractivity contribution >= 4 is 15.8 Å². The average molecular weight is 258 g/mol. The topological polar surface area (TPSA) is 60.4 Å². The molecule has 4 nitrogen and oxygen atoms in total. The van der Waals surface area contributed by atoms with Gasteiger partial charge in [-0.05, 0) is 30.7 Å². The van der Waals surface area contributed by atoms with Gasteiger partial charge in [-0.1, -0.05) is 0 Å². The van der Waals surface area contributed by atoms with Crippen LogP contribution in [0.4, 0.5) is 4.39 Å². The third kappa shape index (κ3) is 3.03. The Morgan fingerprint density at radius 1 is 1.29 bits per heavy atom. The molecular weight excluding hydrogens is 247 g/mol. The number of halogens is 1. The first-order valence-corrected chi connectivity index (χ1v) is 6.95. The highest BCUT2D eigenvalue weighted by Gasteiger charge is 2.30. The minimum atomic E-state index is -3.07. The maximum atomic E-state index is 12.6. The lowest BCUT2D eigenvalue weighted by atomic mass is 10.2. The second-order valence-electron chi connectivity index (χ2n) is 3.94. The van der Waals surface area contributed by atoms with Crippen LogP contribution in [-0.4, -0.2) is 32.0 Å². The van der Waals surface area contributed by atoms with Gasteiger partial charge in [0.1, 0.15) is 11.9 Å². The molecule has 1 aliphatic rings. The zero-order chi connectivity index (χ0) is 12.5. The summed E-state index contributed by atoms with van der Waals surface area (Å²) >= 11 is 0. The van der Waals surface area contributed by atoms with Crippen LogP contribution in [0.1, 0.15) is 16.8 Å². The van der Waals surface area contributed by atoms with Crippen LogP contribution in [0.25, 0.3) is 0 Å². The maximum absolute atomic E-state index is 12.6. The number of carbonyl (C=O) groups is 1. The summed E-state index contributed by atoms with van der Waals surface area (Å²) in [4.78, 5) is 11.6. The summed E-state index contributed by atoms with van der Waals surface area (Å²) in [6.07, 6.45) is -0.257. The van der Waals surface area contributed by atoms with Crippen molar-refractivity contribution in [1.29, 1.82) is 0 Å². The molecule has 0 spiro atoms. The van der Waals surface area contributed by atoms with Gasteiger partial charge >= 0.3 is 5.97 Å². The van der Waals surface area contributed by atoms with E-state index in [1.807, 2.05) is 0 Å². The Morgan fingerprint density at radius 2 is 1.94 bits per heavy atom. The number of sulfone groups is 1. The van der Waals surface area contributed by atoms with Gasteiger partial charge in [0.25, 0.3) is 0 Å². The molecule has 0 bridgehead atoms. The normalized spacial score (nSPS) is 22.3. The Bertz CT molecular complexity index is 521. The lowest BCUT2D eigenvalue weighted by Gasteiger charge is -2.09. The van der Waals surface area contributed by atoms with Crippen LogP contribution in [0.2, 0.25) is 0 Å². The summed E-state index contributed by atoms with van der Waals surface area (Å²) < 4.78 is 40.0. The van der Waals surface area contributed by atoms with E-state index in [0.29, 0.717) is 6.42 Å². The lowest BCUT2D eigenvalue weighted by Crippen LogP contribution is -2.19. The molecule has 2 rings (SSSR count). The molecule has 17 heavy (non-hydrogen) atoms. The molecule has 0 aromatic heterocycles. The van der Waals surface area contributed by atoms with Crippen molar-refractivity contribution in [2.75, 3.05) is 11.5 Å². The van der Waals surface area contributed by atoms with Gasteiger partial charge in [-0.3, -0.25) is 0 Å². The number of hydrogen-bond donors (Lipinski definition) is 0. The molecule has 1 heterocycles. The predicted octanol–water partition coefficient (Wildman–Crippen LogP) is 1.17. The summed E-state index contributed by atoms with van der Waals surface area (Å²) in [5, 5.41) is 0. The molecule has 0 N–H and O–H groups in total. The Morgan fingerprint density at radius 3 is 2.47 bits per heavy atom. The monoisotopic (exact) mass is 258 g/mol. The zero-order valence-electron chi connectivity index (χ0n) is 8.93. The first-order valence-electron chi connectivity index (χ1n) is 5.13. The number of hydrogen-bond acceptors (Lipinski definition) is 4. The van der Waals surface area contributed by atoms with Gasteiger partial charge in [0.2, 0.25) is 0 Å². The van der Waals surface area contributed by atoms with Gasteiger partial charge in [0.05, 0.1) is 17.1 Å². The van der Waals surface area contributed by atoms with E-state index < -0.39 is 27.7 Å². The van der Waals surface area contributed by atoms with Crippen molar-refractivity contribution < 1.29 is 22.3 Å². The van der Waals surface area contributed by atoms with Crippen LogP contribution >= 0.6 is 0 Å². The molecule has 1 unspecified atom stereocenters. The summed E-state index contributed by atoms with van der Waals surface area (Å²) in [5.41, 5.74) is 0.218. The SMILES string of the molecule is O=C(OC1CCS(=O)(=O)C1)c1ccc(F)cc1. The van der Waals surface area contributed by atoms with Gasteiger partial charge < -0.3 is 4.74 Å². The number of ether oxygens (including phenoxy) is 1. The third-order valence-electron chi connectivity index (χ3n) is 2.54. The van der Waals surface area contributed by atoms with Gasteiger partial charge in [-0.25, -0.2) is 17.6 Å². The van der Waals surface area contributed by atoms with Crippen LogP contribution in [0.5, 0.6) is 0 Å². The molecule has 1 atom stereocenters. The molecule has 1 fully saturated rings. The highest BCUT2D eigenvalue weighted by atomic mass is 32.2. The number of rotatable bonds is 2. The Balaban J connectivity index is 2.01. The van der Waals surface area contributed by atoms with Gasteiger partial charge in [0.15, 0.2) is 9.84 Å². The second-order valence-corrected chi connectivity index (χ2v) is 6.17. The van der Waals surface area contributed by atoms with Crippen molar-refractivity contribution in [3.8, 4) is 0 Å². The minimum Gasteiger partial charge on any atom is -0.458 e. The summed E-state index contributed by atoms with van der Waals surface area (Å²) in [6.45, 7) is 0. The van der Waals surface area contributed by atoms with E-state index >= 15 is 0 Å². The van der Waals surface area contributed by atoms with Gasteiger partial charge in [0, 0.05) is 0 Å². The average Bonchev–Trinajstić information content (AvgIpc) is 2.59. The molecule has 0 aliphatic carbocycles. The first-order chi connectivity index (χ1) is 7.96. The van der Waals surface area contributed by atoms with Crippen LogP contribution in [0, 0.1) is 5.82 Å². The van der Waals surface area contributed by atoms with Crippen molar-refractivity contribution in [3.05, 3.63) is 35.6 Å². The van der Waals surface area contributed by atoms with Crippen LogP contribution in [0.15, 0.2) is 24.3 Å². The van der Waals surface area contributed by atoms with Crippen molar-refractivity contribution in [1.82, 2.24) is 0 Å². The van der Waals surface area contributed by atoms with Crippen LogP contribution in [0.3, 0.4) is 0 Å². The fraction of sp³-hybridized carbons (Fsp3) is 0.364. The predicted molar refractivity (Wildman–Crippen MR) is 58.9 cm³/mol. The van der Waals surface area contributed by atoms with E-state index in [0.717, 1.165) is 12.1 Å². The van der Waals surface area contributed by atoms with Gasteiger partial charge in [-0.15, -0.1) is 0 Å². The first kappa shape index (κ1) is 12.0. The summed E-state index contributed by atoms with van der Waals surface area (Å²) in [7, 11) is -3.07. The van der Waals surface area contributed by atoms with E-state index in [1.165, 1.54) is 12.1 Å². The van der Waals surface area contributed by atoms with E-state index in [9.17, 15) is 17.6 Å². The summed E-state index contributed by atoms with van der Waals surface area (Å²) in [6, 6.07) is 4.92. The Labute approximate surface area is 98.3 Å². The molecule has 1 aromatic rings. The van der Waals surface area contributed by atoms with E-state index in [2.05, 4.69) is 0 Å². The Kier molecular flexibility index (Phi) is 3.15. The zero-order valence-corrected chi connectivity index (χ0v) is 9.74. The van der Waals surface area contributed by atoms with E-state index in [-0.39, 0.29) is 17.1 Å². The largest absolute Gasteiger partial charge is 0.458 e. The van der Waals surface area contributed by atoms with Crippen molar-refractivity contribution in [2.24, 2.45) is 0 Å². The van der Waals surface area contributed by atoms with E-state index in [4.69, 9.17) is 4.74 Å². The van der Waals surface area contributed by atoms with Crippen molar-refractivity contribution in [2.45, 2.75) is 12.5 Å². The quantitative estimate of drug-likeness (QED) is 0.747. The fourth-order valence-electron chi connectivity index (χ4n) is 1.66.